The molecule has 0 saturated carbocycles. The van der Waals surface area contributed by atoms with Gasteiger partial charge in [-0.15, -0.1) is 0 Å². The molecule has 1 saturated heterocycles. The monoisotopic (exact) mass is 264 g/mol. The summed E-state index contributed by atoms with van der Waals surface area (Å²) >= 11 is 0. The van der Waals surface area contributed by atoms with E-state index in [9.17, 15) is 4.79 Å². The highest BCUT2D eigenvalue weighted by Gasteiger charge is 2.38. The van der Waals surface area contributed by atoms with Gasteiger partial charge in [0.1, 0.15) is 0 Å². The van der Waals surface area contributed by atoms with E-state index >= 15 is 0 Å². The third kappa shape index (κ3) is 2.50. The molecule has 0 atom stereocenters. The Labute approximate surface area is 110 Å². The van der Waals surface area contributed by atoms with E-state index in [2.05, 4.69) is 10.6 Å². The van der Waals surface area contributed by atoms with Crippen LogP contribution in [-0.4, -0.2) is 36.5 Å². The molecule has 3 rings (SSSR count). The van der Waals surface area contributed by atoms with Gasteiger partial charge < -0.3 is 25.2 Å². The second kappa shape index (κ2) is 4.71. The number of carboxylic acids is 1. The maximum atomic E-state index is 10.9. The number of ether oxygens (including phenoxy) is 2. The predicted molar refractivity (Wildman–Crippen MR) is 67.3 cm³/mol. The largest absolute Gasteiger partial charge is 0.481 e. The van der Waals surface area contributed by atoms with Gasteiger partial charge in [0.25, 0.3) is 0 Å². The number of carbonyl (C=O) groups is 1. The lowest BCUT2D eigenvalue weighted by Gasteiger charge is -2.42. The molecule has 2 aliphatic heterocycles. The van der Waals surface area contributed by atoms with E-state index in [1.165, 1.54) is 0 Å². The van der Waals surface area contributed by atoms with Crippen LogP contribution >= 0.6 is 0 Å². The molecule has 1 aromatic rings. The first-order valence-electron chi connectivity index (χ1n) is 6.23. The molecular weight excluding hydrogens is 248 g/mol. The first kappa shape index (κ1) is 12.3. The Hall–Kier alpha value is -1.79. The molecule has 0 aliphatic carbocycles. The van der Waals surface area contributed by atoms with Gasteiger partial charge in [-0.3, -0.25) is 4.79 Å². The number of hydrogen-bond donors (Lipinski definition) is 3. The summed E-state index contributed by atoms with van der Waals surface area (Å²) in [7, 11) is 0. The molecule has 0 spiro atoms. The first-order valence-corrected chi connectivity index (χ1v) is 6.23. The van der Waals surface area contributed by atoms with Crippen molar-refractivity contribution >= 4 is 5.97 Å². The molecule has 6 heteroatoms. The van der Waals surface area contributed by atoms with Crippen molar-refractivity contribution in [3.8, 4) is 11.5 Å². The summed E-state index contributed by atoms with van der Waals surface area (Å²) in [6, 6.07) is 5.76. The average molecular weight is 264 g/mol. The molecular formula is C13H16N2O4. The van der Waals surface area contributed by atoms with Crippen molar-refractivity contribution in [2.45, 2.75) is 18.5 Å². The van der Waals surface area contributed by atoms with Crippen molar-refractivity contribution in [2.75, 3.05) is 19.9 Å². The Bertz CT molecular complexity index is 499. The Morgan fingerprint density at radius 2 is 2.16 bits per heavy atom. The number of aliphatic carboxylic acids is 1. The van der Waals surface area contributed by atoms with Crippen molar-refractivity contribution < 1.29 is 19.4 Å². The summed E-state index contributed by atoms with van der Waals surface area (Å²) in [6.07, 6.45) is 0.130. The highest BCUT2D eigenvalue weighted by atomic mass is 16.7. The van der Waals surface area contributed by atoms with E-state index in [1.807, 2.05) is 18.2 Å². The van der Waals surface area contributed by atoms with Crippen LogP contribution in [0.3, 0.4) is 0 Å². The van der Waals surface area contributed by atoms with Crippen LogP contribution in [0.2, 0.25) is 0 Å². The number of benzene rings is 1. The molecule has 0 bridgehead atoms. The van der Waals surface area contributed by atoms with Gasteiger partial charge in [0, 0.05) is 19.6 Å². The van der Waals surface area contributed by atoms with Crippen LogP contribution in [0, 0.1) is 0 Å². The van der Waals surface area contributed by atoms with Crippen molar-refractivity contribution in [2.24, 2.45) is 0 Å². The van der Waals surface area contributed by atoms with E-state index in [4.69, 9.17) is 14.6 Å². The van der Waals surface area contributed by atoms with E-state index in [1.54, 1.807) is 0 Å². The zero-order valence-electron chi connectivity index (χ0n) is 10.4. The van der Waals surface area contributed by atoms with Gasteiger partial charge in [0.2, 0.25) is 6.79 Å². The molecule has 1 fully saturated rings. The molecule has 1 aromatic carbocycles. The minimum absolute atomic E-state index is 0.130. The predicted octanol–water partition coefficient (Wildman–Crippen LogP) is 0.322. The molecule has 6 nitrogen and oxygen atoms in total. The fraction of sp³-hybridized carbons (Fsp3) is 0.462. The minimum Gasteiger partial charge on any atom is -0.481 e. The summed E-state index contributed by atoms with van der Waals surface area (Å²) in [5, 5.41) is 15.4. The van der Waals surface area contributed by atoms with Crippen LogP contribution in [0.4, 0.5) is 0 Å². The van der Waals surface area contributed by atoms with Crippen molar-refractivity contribution in [1.29, 1.82) is 0 Å². The Balaban J connectivity index is 1.64. The molecule has 2 aliphatic rings. The number of hydrogen-bond acceptors (Lipinski definition) is 5. The smallest absolute Gasteiger partial charge is 0.305 e. The number of carboxylic acid groups (broad SMARTS) is 1. The van der Waals surface area contributed by atoms with Gasteiger partial charge in [-0.2, -0.15) is 0 Å². The Morgan fingerprint density at radius 3 is 2.84 bits per heavy atom. The number of nitrogens with one attached hydrogen (secondary N) is 2. The summed E-state index contributed by atoms with van der Waals surface area (Å²) in [5.41, 5.74) is 0.725. The molecule has 0 aromatic heterocycles. The van der Waals surface area contributed by atoms with Gasteiger partial charge in [0.05, 0.1) is 12.0 Å². The SMILES string of the molecule is O=C(O)CC1(NCc2ccc3c(c2)OCO3)CNC1. The molecule has 3 N–H and O–H groups in total. The van der Waals surface area contributed by atoms with Crippen LogP contribution in [0.1, 0.15) is 12.0 Å². The number of fused-ring (bicyclic) bond motifs is 1. The summed E-state index contributed by atoms with van der Waals surface area (Å²) in [6.45, 7) is 2.25. The number of rotatable bonds is 5. The fourth-order valence-corrected chi connectivity index (χ4v) is 2.37. The normalized spacial score (nSPS) is 18.9. The molecule has 19 heavy (non-hydrogen) atoms. The van der Waals surface area contributed by atoms with Crippen LogP contribution < -0.4 is 20.1 Å². The van der Waals surface area contributed by atoms with Crippen LogP contribution in [0.15, 0.2) is 18.2 Å². The lowest BCUT2D eigenvalue weighted by molar-refractivity contribution is -0.139. The Kier molecular flexibility index (Phi) is 3.04. The zero-order chi connectivity index (χ0) is 13.3. The lowest BCUT2D eigenvalue weighted by atomic mass is 9.88. The zero-order valence-corrected chi connectivity index (χ0v) is 10.4. The second-order valence-electron chi connectivity index (χ2n) is 5.00. The summed E-state index contributed by atoms with van der Waals surface area (Å²) in [4.78, 5) is 10.9. The van der Waals surface area contributed by atoms with Crippen molar-refractivity contribution in [3.05, 3.63) is 23.8 Å². The van der Waals surface area contributed by atoms with Gasteiger partial charge in [-0.25, -0.2) is 0 Å². The van der Waals surface area contributed by atoms with Gasteiger partial charge in [0.15, 0.2) is 11.5 Å². The quantitative estimate of drug-likeness (QED) is 0.711. The molecule has 0 radical (unpaired) electrons. The molecule has 102 valence electrons. The van der Waals surface area contributed by atoms with E-state index in [0.29, 0.717) is 19.6 Å². The fourth-order valence-electron chi connectivity index (χ4n) is 2.37. The summed E-state index contributed by atoms with van der Waals surface area (Å²) < 4.78 is 10.6. The third-order valence-corrected chi connectivity index (χ3v) is 3.52. The van der Waals surface area contributed by atoms with Gasteiger partial charge >= 0.3 is 5.97 Å². The van der Waals surface area contributed by atoms with Crippen LogP contribution in [0.25, 0.3) is 0 Å². The second-order valence-corrected chi connectivity index (χ2v) is 5.00. The standard InChI is InChI=1S/C13H16N2O4/c16-12(17)4-13(6-14-7-13)15-5-9-1-2-10-11(3-9)19-8-18-10/h1-3,14-15H,4-8H2,(H,16,17). The first-order chi connectivity index (χ1) is 9.17. The van der Waals surface area contributed by atoms with E-state index in [-0.39, 0.29) is 18.8 Å². The molecule has 0 amide bonds. The van der Waals surface area contributed by atoms with Crippen molar-refractivity contribution in [1.82, 2.24) is 10.6 Å². The van der Waals surface area contributed by atoms with E-state index < -0.39 is 5.97 Å². The highest BCUT2D eigenvalue weighted by Crippen LogP contribution is 2.32. The third-order valence-electron chi connectivity index (χ3n) is 3.52. The minimum atomic E-state index is -0.778. The summed E-state index contributed by atoms with van der Waals surface area (Å²) in [5.74, 6) is 0.729. The van der Waals surface area contributed by atoms with Crippen molar-refractivity contribution in [3.63, 3.8) is 0 Å². The lowest BCUT2D eigenvalue weighted by Crippen LogP contribution is -2.68. The van der Waals surface area contributed by atoms with Gasteiger partial charge in [-0.1, -0.05) is 6.07 Å². The highest BCUT2D eigenvalue weighted by molar-refractivity contribution is 5.68. The molecule has 0 unspecified atom stereocenters. The average Bonchev–Trinajstić information content (AvgIpc) is 2.79. The maximum Gasteiger partial charge on any atom is 0.305 e. The Morgan fingerprint density at radius 1 is 1.37 bits per heavy atom. The van der Waals surface area contributed by atoms with Gasteiger partial charge in [-0.05, 0) is 17.7 Å². The maximum absolute atomic E-state index is 10.9. The topological polar surface area (TPSA) is 79.8 Å². The van der Waals surface area contributed by atoms with E-state index in [0.717, 1.165) is 17.1 Å². The molecule has 2 heterocycles. The van der Waals surface area contributed by atoms with Crippen LogP contribution in [0.5, 0.6) is 11.5 Å². The van der Waals surface area contributed by atoms with Crippen LogP contribution in [-0.2, 0) is 11.3 Å².